The number of ether oxygens (including phenoxy) is 2. The predicted molar refractivity (Wildman–Crippen MR) is 67.7 cm³/mol. The van der Waals surface area contributed by atoms with E-state index in [1.165, 1.54) is 0 Å². The number of hydrogen-bond donors (Lipinski definition) is 0. The van der Waals surface area contributed by atoms with Gasteiger partial charge in [-0.15, -0.1) is 0 Å². The molecule has 16 heavy (non-hydrogen) atoms. The van der Waals surface area contributed by atoms with Crippen molar-refractivity contribution in [1.29, 1.82) is 0 Å². The third-order valence-electron chi connectivity index (χ3n) is 2.29. The van der Waals surface area contributed by atoms with Crippen LogP contribution in [0.1, 0.15) is 0 Å². The summed E-state index contributed by atoms with van der Waals surface area (Å²) in [5, 5.41) is 0. The fourth-order valence-electron chi connectivity index (χ4n) is 1.47. The maximum Gasteiger partial charge on any atom is 0.169 e. The molecule has 0 heterocycles. The van der Waals surface area contributed by atoms with Crippen molar-refractivity contribution >= 4 is 13.3 Å². The third-order valence-corrected chi connectivity index (χ3v) is 2.29. The van der Waals surface area contributed by atoms with Crippen molar-refractivity contribution < 1.29 is 9.47 Å². The molecule has 2 aromatic rings. The lowest BCUT2D eigenvalue weighted by Gasteiger charge is -2.10. The highest BCUT2D eigenvalue weighted by atomic mass is 16.5. The van der Waals surface area contributed by atoms with Crippen LogP contribution in [0.15, 0.2) is 48.5 Å². The highest BCUT2D eigenvalue weighted by Gasteiger charge is 2.04. The second-order valence-corrected chi connectivity index (χ2v) is 3.57. The van der Waals surface area contributed by atoms with Crippen LogP contribution in [0, 0.1) is 0 Å². The Morgan fingerprint density at radius 3 is 2.38 bits per heavy atom. The van der Waals surface area contributed by atoms with Crippen molar-refractivity contribution in [3.8, 4) is 17.2 Å². The van der Waals surface area contributed by atoms with E-state index in [0.717, 1.165) is 22.7 Å². The number of methoxy groups -OCH3 is 1. The third kappa shape index (κ3) is 2.37. The number of hydrogen-bond acceptors (Lipinski definition) is 2. The zero-order valence-electron chi connectivity index (χ0n) is 9.44. The van der Waals surface area contributed by atoms with E-state index in [2.05, 4.69) is 0 Å². The van der Waals surface area contributed by atoms with Gasteiger partial charge in [-0.25, -0.2) is 0 Å². The van der Waals surface area contributed by atoms with Gasteiger partial charge in [0.15, 0.2) is 11.5 Å². The van der Waals surface area contributed by atoms with Gasteiger partial charge in [0, 0.05) is 0 Å². The molecular formula is C13H13BO2. The quantitative estimate of drug-likeness (QED) is 0.721. The Morgan fingerprint density at radius 2 is 1.69 bits per heavy atom. The van der Waals surface area contributed by atoms with Crippen LogP contribution in [0.25, 0.3) is 0 Å². The summed E-state index contributed by atoms with van der Waals surface area (Å²) in [6, 6.07) is 15.5. The Balaban J connectivity index is 2.28. The molecule has 0 fully saturated rings. The average Bonchev–Trinajstić information content (AvgIpc) is 2.33. The summed E-state index contributed by atoms with van der Waals surface area (Å²) in [5.41, 5.74) is 1.15. The van der Waals surface area contributed by atoms with Gasteiger partial charge in [0.25, 0.3) is 0 Å². The van der Waals surface area contributed by atoms with Crippen molar-refractivity contribution in [1.82, 2.24) is 0 Å². The van der Waals surface area contributed by atoms with Crippen LogP contribution in [0.5, 0.6) is 17.2 Å². The summed E-state index contributed by atoms with van der Waals surface area (Å²) in [5.74, 6) is 2.30. The zero-order chi connectivity index (χ0) is 11.4. The Labute approximate surface area is 96.2 Å². The Hall–Kier alpha value is -1.90. The van der Waals surface area contributed by atoms with E-state index in [4.69, 9.17) is 9.47 Å². The molecule has 0 saturated carbocycles. The summed E-state index contributed by atoms with van der Waals surface area (Å²) in [7, 11) is 3.67. The maximum absolute atomic E-state index is 5.73. The van der Waals surface area contributed by atoms with Crippen molar-refractivity contribution in [2.75, 3.05) is 7.11 Å². The molecule has 0 aliphatic carbocycles. The highest BCUT2D eigenvalue weighted by molar-refractivity contribution is 6.32. The van der Waals surface area contributed by atoms with Crippen molar-refractivity contribution in [3.05, 3.63) is 48.5 Å². The number of benzene rings is 2. The molecule has 0 aliphatic heterocycles. The molecule has 3 heteroatoms. The summed E-state index contributed by atoms with van der Waals surface area (Å²) < 4.78 is 11.0. The smallest absolute Gasteiger partial charge is 0.169 e. The minimum absolute atomic E-state index is 0.735. The van der Waals surface area contributed by atoms with Crippen LogP contribution >= 0.6 is 0 Å². The second-order valence-electron chi connectivity index (χ2n) is 3.57. The van der Waals surface area contributed by atoms with Crippen LogP contribution in [0.2, 0.25) is 0 Å². The molecule has 0 aromatic heterocycles. The fraction of sp³-hybridized carbons (Fsp3) is 0.0769. The molecule has 0 radical (unpaired) electrons. The molecule has 2 nitrogen and oxygen atoms in total. The van der Waals surface area contributed by atoms with Crippen molar-refractivity contribution in [3.63, 3.8) is 0 Å². The van der Waals surface area contributed by atoms with E-state index in [0.29, 0.717) is 0 Å². The van der Waals surface area contributed by atoms with E-state index in [1.807, 2.05) is 56.4 Å². The SMILES string of the molecule is Bc1ccc(Oc2ccccc2)c(OC)c1. The first-order valence-corrected chi connectivity index (χ1v) is 5.17. The summed E-state index contributed by atoms with van der Waals surface area (Å²) >= 11 is 0. The van der Waals surface area contributed by atoms with E-state index in [1.54, 1.807) is 7.11 Å². The normalized spacial score (nSPS) is 9.81. The van der Waals surface area contributed by atoms with Gasteiger partial charge in [-0.3, -0.25) is 0 Å². The van der Waals surface area contributed by atoms with Gasteiger partial charge < -0.3 is 9.47 Å². The number of para-hydroxylation sites is 1. The van der Waals surface area contributed by atoms with Gasteiger partial charge in [-0.05, 0) is 24.3 Å². The molecule has 0 aliphatic rings. The lowest BCUT2D eigenvalue weighted by atomic mass is 9.96. The van der Waals surface area contributed by atoms with Crippen molar-refractivity contribution in [2.24, 2.45) is 0 Å². The first-order chi connectivity index (χ1) is 7.79. The second kappa shape index (κ2) is 4.75. The van der Waals surface area contributed by atoms with Crippen LogP contribution in [-0.2, 0) is 0 Å². The topological polar surface area (TPSA) is 18.5 Å². The molecule has 0 spiro atoms. The van der Waals surface area contributed by atoms with Gasteiger partial charge in [0.2, 0.25) is 0 Å². The van der Waals surface area contributed by atoms with Crippen molar-refractivity contribution in [2.45, 2.75) is 0 Å². The lowest BCUT2D eigenvalue weighted by Crippen LogP contribution is -2.02. The summed E-state index contributed by atoms with van der Waals surface area (Å²) in [6.07, 6.45) is 0. The van der Waals surface area contributed by atoms with Gasteiger partial charge in [0.1, 0.15) is 13.6 Å². The summed E-state index contributed by atoms with van der Waals surface area (Å²) in [6.45, 7) is 0. The molecule has 0 bridgehead atoms. The number of rotatable bonds is 3. The van der Waals surface area contributed by atoms with Gasteiger partial charge in [-0.2, -0.15) is 0 Å². The van der Waals surface area contributed by atoms with E-state index in [9.17, 15) is 0 Å². The Bertz CT molecular complexity index is 469. The van der Waals surface area contributed by atoms with Crippen LogP contribution in [0.3, 0.4) is 0 Å². The van der Waals surface area contributed by atoms with Crippen LogP contribution in [0.4, 0.5) is 0 Å². The molecule has 0 unspecified atom stereocenters. The lowest BCUT2D eigenvalue weighted by molar-refractivity contribution is 0.379. The Morgan fingerprint density at radius 1 is 0.938 bits per heavy atom. The van der Waals surface area contributed by atoms with Crippen LogP contribution in [-0.4, -0.2) is 15.0 Å². The minimum Gasteiger partial charge on any atom is -0.493 e. The molecule has 2 rings (SSSR count). The largest absolute Gasteiger partial charge is 0.493 e. The monoisotopic (exact) mass is 212 g/mol. The fourth-order valence-corrected chi connectivity index (χ4v) is 1.47. The van der Waals surface area contributed by atoms with Crippen LogP contribution < -0.4 is 14.9 Å². The van der Waals surface area contributed by atoms with Gasteiger partial charge >= 0.3 is 0 Å². The molecule has 0 saturated heterocycles. The van der Waals surface area contributed by atoms with Gasteiger partial charge in [-0.1, -0.05) is 29.7 Å². The highest BCUT2D eigenvalue weighted by Crippen LogP contribution is 2.29. The maximum atomic E-state index is 5.73. The summed E-state index contributed by atoms with van der Waals surface area (Å²) in [4.78, 5) is 0. The minimum atomic E-state index is 0.735. The standard InChI is InChI=1S/C13H13BO2/c1-15-13-9-10(14)7-8-12(13)16-11-5-3-2-4-6-11/h2-9H,14H2,1H3. The zero-order valence-corrected chi connectivity index (χ0v) is 9.44. The Kier molecular flexibility index (Phi) is 3.15. The molecule has 80 valence electrons. The molecular weight excluding hydrogens is 199 g/mol. The van der Waals surface area contributed by atoms with E-state index >= 15 is 0 Å². The molecule has 0 atom stereocenters. The first kappa shape index (κ1) is 10.6. The molecule has 2 aromatic carbocycles. The molecule has 0 amide bonds. The van der Waals surface area contributed by atoms with Gasteiger partial charge in [0.05, 0.1) is 7.11 Å². The molecule has 0 N–H and O–H groups in total. The average molecular weight is 212 g/mol. The van der Waals surface area contributed by atoms with E-state index in [-0.39, 0.29) is 0 Å². The predicted octanol–water partition coefficient (Wildman–Crippen LogP) is 1.75. The van der Waals surface area contributed by atoms with E-state index < -0.39 is 0 Å². The first-order valence-electron chi connectivity index (χ1n) is 5.17.